The second kappa shape index (κ2) is 6.57. The Labute approximate surface area is 96.2 Å². The van der Waals surface area contributed by atoms with Gasteiger partial charge in [-0.1, -0.05) is 13.0 Å². The van der Waals surface area contributed by atoms with E-state index in [2.05, 4.69) is 13.0 Å². The minimum atomic E-state index is 0.620. The third-order valence-electron chi connectivity index (χ3n) is 2.17. The molecule has 0 spiro atoms. The molecular weight excluding hydrogens is 212 g/mol. The smallest absolute Gasteiger partial charge is 0.161 e. The minimum Gasteiger partial charge on any atom is -0.493 e. The molecule has 3 heteroatoms. The molecule has 0 saturated carbocycles. The molecule has 0 bridgehead atoms. The van der Waals surface area contributed by atoms with Crippen LogP contribution in [0.1, 0.15) is 18.9 Å². The molecule has 0 aliphatic carbocycles. The van der Waals surface area contributed by atoms with Gasteiger partial charge in [-0.25, -0.2) is 0 Å². The first-order chi connectivity index (χ1) is 7.31. The first-order valence-corrected chi connectivity index (χ1v) is 5.71. The van der Waals surface area contributed by atoms with Gasteiger partial charge < -0.3 is 9.47 Å². The lowest BCUT2D eigenvalue weighted by atomic mass is 10.1. The minimum absolute atomic E-state index is 0.620. The highest BCUT2D eigenvalue weighted by atomic mass is 35.5. The molecule has 0 unspecified atom stereocenters. The average Bonchev–Trinajstić information content (AvgIpc) is 2.29. The number of ether oxygens (including phenoxy) is 2. The molecule has 0 aliphatic heterocycles. The van der Waals surface area contributed by atoms with E-state index in [4.69, 9.17) is 21.1 Å². The van der Waals surface area contributed by atoms with Gasteiger partial charge in [0, 0.05) is 5.88 Å². The summed E-state index contributed by atoms with van der Waals surface area (Å²) in [7, 11) is 1.66. The third-order valence-corrected chi connectivity index (χ3v) is 2.44. The van der Waals surface area contributed by atoms with Crippen LogP contribution in [0.4, 0.5) is 0 Å². The van der Waals surface area contributed by atoms with E-state index in [1.54, 1.807) is 7.11 Å². The maximum atomic E-state index is 5.58. The lowest BCUT2D eigenvalue weighted by Gasteiger charge is -2.11. The summed E-state index contributed by atoms with van der Waals surface area (Å²) in [6.07, 6.45) is 1.85. The Morgan fingerprint density at radius 3 is 2.67 bits per heavy atom. The molecule has 0 atom stereocenters. The fourth-order valence-corrected chi connectivity index (χ4v) is 1.40. The van der Waals surface area contributed by atoms with Crippen molar-refractivity contribution >= 4 is 11.6 Å². The van der Waals surface area contributed by atoms with Crippen LogP contribution in [0.25, 0.3) is 0 Å². The molecule has 0 fully saturated rings. The van der Waals surface area contributed by atoms with E-state index in [-0.39, 0.29) is 0 Å². The Hall–Kier alpha value is -0.890. The molecule has 1 aromatic carbocycles. The highest BCUT2D eigenvalue weighted by Crippen LogP contribution is 2.28. The summed E-state index contributed by atoms with van der Waals surface area (Å²) in [4.78, 5) is 0. The Bertz CT molecular complexity index is 300. The lowest BCUT2D eigenvalue weighted by Crippen LogP contribution is -2.00. The quantitative estimate of drug-likeness (QED) is 0.550. The Morgan fingerprint density at radius 1 is 1.27 bits per heavy atom. The largest absolute Gasteiger partial charge is 0.493 e. The molecule has 0 amide bonds. The van der Waals surface area contributed by atoms with E-state index in [1.165, 1.54) is 5.56 Å². The van der Waals surface area contributed by atoms with Gasteiger partial charge >= 0.3 is 0 Å². The summed E-state index contributed by atoms with van der Waals surface area (Å²) in [6.45, 7) is 2.74. The van der Waals surface area contributed by atoms with Crippen LogP contribution in [0, 0.1) is 0 Å². The Morgan fingerprint density at radius 2 is 2.07 bits per heavy atom. The van der Waals surface area contributed by atoms with Crippen molar-refractivity contribution in [3.63, 3.8) is 0 Å². The number of aryl methyl sites for hydroxylation is 1. The van der Waals surface area contributed by atoms with Crippen LogP contribution >= 0.6 is 11.6 Å². The maximum absolute atomic E-state index is 5.58. The van der Waals surface area contributed by atoms with E-state index in [9.17, 15) is 0 Å². The van der Waals surface area contributed by atoms with Gasteiger partial charge in [0.15, 0.2) is 11.5 Å². The van der Waals surface area contributed by atoms with E-state index >= 15 is 0 Å². The first-order valence-electron chi connectivity index (χ1n) is 5.17. The standard InChI is InChI=1S/C12H17ClO2/c1-3-10-5-6-11(12(9-10)14-2)15-8-4-7-13/h5-6,9H,3-4,7-8H2,1-2H3. The molecule has 0 heterocycles. The summed E-state index contributed by atoms with van der Waals surface area (Å²) in [5, 5.41) is 0. The van der Waals surface area contributed by atoms with Gasteiger partial charge in [0.2, 0.25) is 0 Å². The van der Waals surface area contributed by atoms with Gasteiger partial charge in [-0.15, -0.1) is 11.6 Å². The summed E-state index contributed by atoms with van der Waals surface area (Å²) < 4.78 is 10.8. The predicted molar refractivity (Wildman–Crippen MR) is 63.2 cm³/mol. The van der Waals surface area contributed by atoms with Gasteiger partial charge in [0.1, 0.15) is 0 Å². The Balaban J connectivity index is 2.69. The highest BCUT2D eigenvalue weighted by molar-refractivity contribution is 6.17. The molecular formula is C12H17ClO2. The predicted octanol–water partition coefficient (Wildman–Crippen LogP) is 3.27. The maximum Gasteiger partial charge on any atom is 0.161 e. The van der Waals surface area contributed by atoms with Crippen molar-refractivity contribution in [2.24, 2.45) is 0 Å². The zero-order chi connectivity index (χ0) is 11.1. The molecule has 0 aliphatic rings. The molecule has 1 rings (SSSR count). The van der Waals surface area contributed by atoms with Crippen LogP contribution in [0.5, 0.6) is 11.5 Å². The van der Waals surface area contributed by atoms with Gasteiger partial charge in [-0.2, -0.15) is 0 Å². The van der Waals surface area contributed by atoms with E-state index in [0.717, 1.165) is 24.3 Å². The summed E-state index contributed by atoms with van der Waals surface area (Å²) in [5.74, 6) is 2.21. The summed E-state index contributed by atoms with van der Waals surface area (Å²) in [6, 6.07) is 6.01. The Kier molecular flexibility index (Phi) is 5.33. The van der Waals surface area contributed by atoms with Crippen LogP contribution in [-0.2, 0) is 6.42 Å². The fourth-order valence-electron chi connectivity index (χ4n) is 1.29. The number of alkyl halides is 1. The van der Waals surface area contributed by atoms with Crippen LogP contribution in [0.2, 0.25) is 0 Å². The second-order valence-electron chi connectivity index (χ2n) is 3.23. The molecule has 0 N–H and O–H groups in total. The number of hydrogen-bond acceptors (Lipinski definition) is 2. The van der Waals surface area contributed by atoms with Crippen molar-refractivity contribution in [3.05, 3.63) is 23.8 Å². The first kappa shape index (κ1) is 12.2. The third kappa shape index (κ3) is 3.63. The second-order valence-corrected chi connectivity index (χ2v) is 3.61. The van der Waals surface area contributed by atoms with Crippen LogP contribution in [-0.4, -0.2) is 19.6 Å². The number of rotatable bonds is 6. The summed E-state index contributed by atoms with van der Waals surface area (Å²) >= 11 is 5.58. The van der Waals surface area contributed by atoms with Crippen LogP contribution in [0.3, 0.4) is 0 Å². The van der Waals surface area contributed by atoms with Crippen LogP contribution in [0.15, 0.2) is 18.2 Å². The van der Waals surface area contributed by atoms with Crippen molar-refractivity contribution in [2.45, 2.75) is 19.8 Å². The van der Waals surface area contributed by atoms with Crippen molar-refractivity contribution in [2.75, 3.05) is 19.6 Å². The van der Waals surface area contributed by atoms with E-state index in [1.807, 2.05) is 12.1 Å². The van der Waals surface area contributed by atoms with Crippen molar-refractivity contribution in [1.29, 1.82) is 0 Å². The number of benzene rings is 1. The number of halogens is 1. The lowest BCUT2D eigenvalue weighted by molar-refractivity contribution is 0.295. The van der Waals surface area contributed by atoms with Crippen molar-refractivity contribution in [3.8, 4) is 11.5 Å². The number of methoxy groups -OCH3 is 1. The topological polar surface area (TPSA) is 18.5 Å². The molecule has 1 aromatic rings. The van der Waals surface area contributed by atoms with Crippen molar-refractivity contribution in [1.82, 2.24) is 0 Å². The van der Waals surface area contributed by atoms with Crippen LogP contribution < -0.4 is 9.47 Å². The summed E-state index contributed by atoms with van der Waals surface area (Å²) in [5.41, 5.74) is 1.25. The highest BCUT2D eigenvalue weighted by Gasteiger charge is 2.04. The van der Waals surface area contributed by atoms with Gasteiger partial charge in [-0.3, -0.25) is 0 Å². The van der Waals surface area contributed by atoms with Gasteiger partial charge in [0.05, 0.1) is 13.7 Å². The average molecular weight is 229 g/mol. The molecule has 15 heavy (non-hydrogen) atoms. The van der Waals surface area contributed by atoms with Gasteiger partial charge in [0.25, 0.3) is 0 Å². The molecule has 0 aromatic heterocycles. The normalized spacial score (nSPS) is 10.1. The van der Waals surface area contributed by atoms with E-state index < -0.39 is 0 Å². The molecule has 0 saturated heterocycles. The van der Waals surface area contributed by atoms with Gasteiger partial charge in [-0.05, 0) is 30.5 Å². The van der Waals surface area contributed by atoms with Crippen molar-refractivity contribution < 1.29 is 9.47 Å². The molecule has 84 valence electrons. The fraction of sp³-hybridized carbons (Fsp3) is 0.500. The SMILES string of the molecule is CCc1ccc(OCCCCl)c(OC)c1. The zero-order valence-electron chi connectivity index (χ0n) is 9.25. The molecule has 2 nitrogen and oxygen atoms in total. The molecule has 0 radical (unpaired) electrons. The number of hydrogen-bond donors (Lipinski definition) is 0. The monoisotopic (exact) mass is 228 g/mol. The zero-order valence-corrected chi connectivity index (χ0v) is 10.0. The van der Waals surface area contributed by atoms with E-state index in [0.29, 0.717) is 12.5 Å².